The Morgan fingerprint density at radius 1 is 0.818 bits per heavy atom. The zero-order chi connectivity index (χ0) is 16.5. The van der Waals surface area contributed by atoms with E-state index in [2.05, 4.69) is 0 Å². The zero-order valence-electron chi connectivity index (χ0n) is 10.8. The molecular weight excluding hydrogens is 308 g/mol. The number of benzene rings is 2. The molecule has 0 heterocycles. The van der Waals surface area contributed by atoms with Gasteiger partial charge in [0, 0.05) is 5.56 Å². The van der Waals surface area contributed by atoms with E-state index in [1.807, 2.05) is 0 Å². The van der Waals surface area contributed by atoms with Crippen LogP contribution in [0.3, 0.4) is 0 Å². The third-order valence-corrected chi connectivity index (χ3v) is 2.98. The van der Waals surface area contributed by atoms with E-state index < -0.39 is 29.0 Å². The molecule has 0 atom stereocenters. The first-order chi connectivity index (χ1) is 10.1. The largest absolute Gasteiger partial charge is 0.417 e. The highest BCUT2D eigenvalue weighted by molar-refractivity contribution is 5.73. The maximum atomic E-state index is 12.9. The number of hydrogen-bond donors (Lipinski definition) is 0. The van der Waals surface area contributed by atoms with E-state index >= 15 is 0 Å². The van der Waals surface area contributed by atoms with Crippen LogP contribution in [-0.2, 0) is 12.4 Å². The summed E-state index contributed by atoms with van der Waals surface area (Å²) in [7, 11) is 0. The fourth-order valence-electron chi connectivity index (χ4n) is 2.01. The molecule has 0 saturated heterocycles. The van der Waals surface area contributed by atoms with Crippen molar-refractivity contribution < 1.29 is 26.3 Å². The topological polar surface area (TPSA) is 23.8 Å². The van der Waals surface area contributed by atoms with Crippen molar-refractivity contribution in [1.82, 2.24) is 0 Å². The van der Waals surface area contributed by atoms with Crippen LogP contribution in [-0.4, -0.2) is 0 Å². The minimum atomic E-state index is -4.76. The smallest absolute Gasteiger partial charge is 0.192 e. The summed E-state index contributed by atoms with van der Waals surface area (Å²) in [6, 6.07) is 8.22. The van der Waals surface area contributed by atoms with Gasteiger partial charge in [-0.25, -0.2) is 0 Å². The lowest BCUT2D eigenvalue weighted by molar-refractivity contribution is -0.138. The Morgan fingerprint density at radius 3 is 2.00 bits per heavy atom. The van der Waals surface area contributed by atoms with E-state index in [-0.39, 0.29) is 11.1 Å². The molecule has 2 rings (SSSR count). The maximum absolute atomic E-state index is 12.9. The summed E-state index contributed by atoms with van der Waals surface area (Å²) in [6.07, 6.45) is -9.38. The average Bonchev–Trinajstić information content (AvgIpc) is 2.44. The lowest BCUT2D eigenvalue weighted by Gasteiger charge is -2.13. The van der Waals surface area contributed by atoms with Gasteiger partial charge in [0.15, 0.2) is 0 Å². The Bertz CT molecular complexity index is 737. The molecule has 0 fully saturated rings. The van der Waals surface area contributed by atoms with Crippen molar-refractivity contribution in [2.24, 2.45) is 0 Å². The molecule has 1 nitrogen and oxygen atoms in total. The number of halogens is 6. The van der Waals surface area contributed by atoms with Gasteiger partial charge in [0.1, 0.15) is 6.07 Å². The van der Waals surface area contributed by atoms with Crippen LogP contribution in [0.1, 0.15) is 16.7 Å². The summed E-state index contributed by atoms with van der Waals surface area (Å²) in [4.78, 5) is 0. The number of rotatable bonds is 1. The second-order valence-electron chi connectivity index (χ2n) is 4.42. The van der Waals surface area contributed by atoms with Crippen LogP contribution < -0.4 is 0 Å². The molecule has 0 saturated carbocycles. The predicted octanol–water partition coefficient (Wildman–Crippen LogP) is 5.26. The Balaban J connectivity index is 2.67. The van der Waals surface area contributed by atoms with Crippen molar-refractivity contribution in [2.45, 2.75) is 12.4 Å². The van der Waals surface area contributed by atoms with Gasteiger partial charge in [-0.1, -0.05) is 24.3 Å². The molecule has 2 aromatic rings. The monoisotopic (exact) mass is 315 g/mol. The van der Waals surface area contributed by atoms with Gasteiger partial charge >= 0.3 is 12.4 Å². The summed E-state index contributed by atoms with van der Waals surface area (Å²) in [5.41, 5.74) is -3.16. The molecule has 0 N–H and O–H groups in total. The molecule has 0 amide bonds. The van der Waals surface area contributed by atoms with Crippen LogP contribution in [0.25, 0.3) is 11.1 Å². The summed E-state index contributed by atoms with van der Waals surface area (Å²) < 4.78 is 76.7. The average molecular weight is 315 g/mol. The first kappa shape index (κ1) is 15.9. The van der Waals surface area contributed by atoms with Crippen molar-refractivity contribution in [1.29, 1.82) is 5.26 Å². The van der Waals surface area contributed by atoms with Crippen LogP contribution in [0.5, 0.6) is 0 Å². The van der Waals surface area contributed by atoms with Crippen LogP contribution >= 0.6 is 0 Å². The van der Waals surface area contributed by atoms with Crippen molar-refractivity contribution in [3.63, 3.8) is 0 Å². The highest BCUT2D eigenvalue weighted by Crippen LogP contribution is 2.38. The van der Waals surface area contributed by atoms with E-state index in [1.54, 1.807) is 0 Å². The van der Waals surface area contributed by atoms with E-state index in [1.165, 1.54) is 18.2 Å². The fraction of sp³-hybridized carbons (Fsp3) is 0.133. The first-order valence-electron chi connectivity index (χ1n) is 5.92. The summed E-state index contributed by atoms with van der Waals surface area (Å²) in [5.74, 6) is 0. The Hall–Kier alpha value is -2.49. The van der Waals surface area contributed by atoms with Gasteiger partial charge < -0.3 is 0 Å². The highest BCUT2D eigenvalue weighted by atomic mass is 19.4. The molecule has 0 spiro atoms. The molecule has 22 heavy (non-hydrogen) atoms. The Kier molecular flexibility index (Phi) is 3.88. The summed E-state index contributed by atoms with van der Waals surface area (Å²) >= 11 is 0. The standard InChI is InChI=1S/C15H7F6N/c16-14(17,18)10-4-1-3-9(7-10)11-5-2-6-13(12(11)8-22)15(19,20)21/h1-7H. The van der Waals surface area contributed by atoms with Crippen LogP contribution in [0, 0.1) is 11.3 Å². The van der Waals surface area contributed by atoms with Gasteiger partial charge in [0.2, 0.25) is 0 Å². The van der Waals surface area contributed by atoms with E-state index in [9.17, 15) is 26.3 Å². The van der Waals surface area contributed by atoms with Gasteiger partial charge in [0.05, 0.1) is 16.7 Å². The molecule has 0 unspecified atom stereocenters. The van der Waals surface area contributed by atoms with E-state index in [0.29, 0.717) is 0 Å². The van der Waals surface area contributed by atoms with E-state index in [4.69, 9.17) is 5.26 Å². The van der Waals surface area contributed by atoms with Gasteiger partial charge in [-0.05, 0) is 23.8 Å². The Morgan fingerprint density at radius 2 is 1.45 bits per heavy atom. The molecule has 0 aromatic heterocycles. The van der Waals surface area contributed by atoms with Gasteiger partial charge in [0.25, 0.3) is 0 Å². The highest BCUT2D eigenvalue weighted by Gasteiger charge is 2.35. The normalized spacial score (nSPS) is 12.0. The van der Waals surface area contributed by atoms with Crippen LogP contribution in [0.4, 0.5) is 26.3 Å². The second kappa shape index (κ2) is 5.37. The number of hydrogen-bond acceptors (Lipinski definition) is 1. The molecular formula is C15H7F6N. The summed E-state index contributed by atoms with van der Waals surface area (Å²) in [6.45, 7) is 0. The number of nitriles is 1. The lowest BCUT2D eigenvalue weighted by Crippen LogP contribution is -2.09. The Labute approximate surface area is 121 Å². The molecule has 0 aliphatic carbocycles. The van der Waals surface area contributed by atoms with Crippen molar-refractivity contribution in [2.75, 3.05) is 0 Å². The van der Waals surface area contributed by atoms with Gasteiger partial charge in [-0.15, -0.1) is 0 Å². The summed E-state index contributed by atoms with van der Waals surface area (Å²) in [5, 5.41) is 8.98. The third-order valence-electron chi connectivity index (χ3n) is 2.98. The minimum Gasteiger partial charge on any atom is -0.192 e. The zero-order valence-corrected chi connectivity index (χ0v) is 10.8. The molecule has 0 aliphatic heterocycles. The molecule has 7 heteroatoms. The molecule has 114 valence electrons. The SMILES string of the molecule is N#Cc1c(-c2cccc(C(F)(F)F)c2)cccc1C(F)(F)F. The maximum Gasteiger partial charge on any atom is 0.417 e. The van der Waals surface area contributed by atoms with Crippen LogP contribution in [0.15, 0.2) is 42.5 Å². The van der Waals surface area contributed by atoms with Crippen molar-refractivity contribution in [3.8, 4) is 17.2 Å². The molecule has 2 aromatic carbocycles. The molecule has 0 radical (unpaired) electrons. The lowest BCUT2D eigenvalue weighted by atomic mass is 9.95. The quantitative estimate of drug-likeness (QED) is 0.658. The first-order valence-corrected chi connectivity index (χ1v) is 5.92. The fourth-order valence-corrected chi connectivity index (χ4v) is 2.01. The van der Waals surface area contributed by atoms with Crippen molar-refractivity contribution in [3.05, 3.63) is 59.2 Å². The molecule has 0 aliphatic rings. The third kappa shape index (κ3) is 3.06. The molecule has 0 bridgehead atoms. The predicted molar refractivity (Wildman–Crippen MR) is 66.6 cm³/mol. The number of nitrogens with zero attached hydrogens (tertiary/aromatic N) is 1. The number of alkyl halides is 6. The van der Waals surface area contributed by atoms with Crippen molar-refractivity contribution >= 4 is 0 Å². The van der Waals surface area contributed by atoms with Crippen LogP contribution in [0.2, 0.25) is 0 Å². The minimum absolute atomic E-state index is 0.0996. The van der Waals surface area contributed by atoms with E-state index in [0.717, 1.165) is 30.3 Å². The van der Waals surface area contributed by atoms with Gasteiger partial charge in [-0.3, -0.25) is 0 Å². The second-order valence-corrected chi connectivity index (χ2v) is 4.42. The van der Waals surface area contributed by atoms with Gasteiger partial charge in [-0.2, -0.15) is 31.6 Å².